The van der Waals surface area contributed by atoms with Crippen LogP contribution in [-0.4, -0.2) is 45.8 Å². The lowest BCUT2D eigenvalue weighted by Crippen LogP contribution is -2.56. The van der Waals surface area contributed by atoms with Crippen LogP contribution in [0.5, 0.6) is 5.75 Å². The fourth-order valence-corrected chi connectivity index (χ4v) is 5.65. The van der Waals surface area contributed by atoms with E-state index in [0.29, 0.717) is 18.3 Å². The molecule has 1 amide bonds. The average Bonchev–Trinajstić information content (AvgIpc) is 3.25. The molecule has 0 unspecified atom stereocenters. The Balaban J connectivity index is 1.24. The minimum atomic E-state index is -0.284. The predicted molar refractivity (Wildman–Crippen MR) is 118 cm³/mol. The standard InChI is InChI=1S/C25H33N3O3/c1-16-7-8-19-22(11-16)31-25(2,3)20-12-18-15-28(10-9-21(18)30-24(19)20)23(29)6-4-5-17-13-26-27-14-17/h7-8,11,13-14,18,20-21,24H,4-6,9-10,12,15H2,1-3H3,(H,26,27)/t18-,20+,21+,24-/m1/s1. The number of ether oxygens (including phenoxy) is 2. The first kappa shape index (κ1) is 20.6. The lowest BCUT2D eigenvalue weighted by molar-refractivity contribution is -0.188. The minimum absolute atomic E-state index is 0.0813. The van der Waals surface area contributed by atoms with Gasteiger partial charge in [-0.2, -0.15) is 5.10 Å². The van der Waals surface area contributed by atoms with Crippen molar-refractivity contribution in [2.75, 3.05) is 13.1 Å². The molecule has 5 rings (SSSR count). The first-order valence-electron chi connectivity index (χ1n) is 11.6. The number of aromatic amines is 1. The van der Waals surface area contributed by atoms with Crippen molar-refractivity contribution in [1.82, 2.24) is 15.1 Å². The Morgan fingerprint density at radius 1 is 1.35 bits per heavy atom. The summed E-state index contributed by atoms with van der Waals surface area (Å²) in [5.41, 5.74) is 3.27. The van der Waals surface area contributed by atoms with E-state index in [-0.39, 0.29) is 23.7 Å². The molecule has 1 aromatic carbocycles. The van der Waals surface area contributed by atoms with Gasteiger partial charge < -0.3 is 14.4 Å². The molecule has 6 heteroatoms. The zero-order chi connectivity index (χ0) is 21.6. The number of hydrogen-bond donors (Lipinski definition) is 1. The van der Waals surface area contributed by atoms with Crippen molar-refractivity contribution < 1.29 is 14.3 Å². The van der Waals surface area contributed by atoms with Gasteiger partial charge in [0.25, 0.3) is 0 Å². The molecule has 0 bridgehead atoms. The van der Waals surface area contributed by atoms with Crippen molar-refractivity contribution >= 4 is 5.91 Å². The van der Waals surface area contributed by atoms with Crippen LogP contribution in [0.15, 0.2) is 30.6 Å². The molecule has 3 aliphatic heterocycles. The highest BCUT2D eigenvalue weighted by molar-refractivity contribution is 5.76. The third-order valence-corrected chi connectivity index (χ3v) is 7.41. The van der Waals surface area contributed by atoms with Crippen LogP contribution in [0, 0.1) is 18.8 Å². The van der Waals surface area contributed by atoms with Gasteiger partial charge >= 0.3 is 0 Å². The second-order valence-electron chi connectivity index (χ2n) is 10.0. The molecule has 2 fully saturated rings. The van der Waals surface area contributed by atoms with E-state index in [9.17, 15) is 4.79 Å². The van der Waals surface area contributed by atoms with E-state index in [1.807, 2.05) is 12.4 Å². The van der Waals surface area contributed by atoms with E-state index in [4.69, 9.17) is 9.47 Å². The second-order valence-corrected chi connectivity index (χ2v) is 10.0. The van der Waals surface area contributed by atoms with Crippen molar-refractivity contribution in [3.63, 3.8) is 0 Å². The molecule has 2 aromatic rings. The molecular weight excluding hydrogens is 390 g/mol. The number of fused-ring (bicyclic) bond motifs is 4. The minimum Gasteiger partial charge on any atom is -0.487 e. The number of likely N-dealkylation sites (tertiary alicyclic amines) is 1. The molecule has 1 N–H and O–H groups in total. The van der Waals surface area contributed by atoms with Crippen molar-refractivity contribution in [3.8, 4) is 5.75 Å². The van der Waals surface area contributed by atoms with Crippen molar-refractivity contribution in [3.05, 3.63) is 47.3 Å². The first-order valence-corrected chi connectivity index (χ1v) is 11.6. The smallest absolute Gasteiger partial charge is 0.222 e. The van der Waals surface area contributed by atoms with Gasteiger partial charge in [-0.25, -0.2) is 0 Å². The summed E-state index contributed by atoms with van der Waals surface area (Å²) in [6.07, 6.45) is 8.34. The lowest BCUT2D eigenvalue weighted by atomic mass is 9.70. The highest BCUT2D eigenvalue weighted by atomic mass is 16.5. The molecule has 2 saturated heterocycles. The summed E-state index contributed by atoms with van der Waals surface area (Å²) in [6.45, 7) is 8.06. The predicted octanol–water partition coefficient (Wildman–Crippen LogP) is 4.21. The molecule has 3 aliphatic rings. The fourth-order valence-electron chi connectivity index (χ4n) is 5.65. The molecule has 31 heavy (non-hydrogen) atoms. The van der Waals surface area contributed by atoms with Crippen LogP contribution < -0.4 is 4.74 Å². The lowest BCUT2D eigenvalue weighted by Gasteiger charge is -2.53. The summed E-state index contributed by atoms with van der Waals surface area (Å²) in [5, 5.41) is 6.80. The van der Waals surface area contributed by atoms with Crippen LogP contribution >= 0.6 is 0 Å². The van der Waals surface area contributed by atoms with Gasteiger partial charge in [0.1, 0.15) is 11.4 Å². The number of nitrogens with zero attached hydrogens (tertiary/aromatic N) is 2. The molecule has 4 heterocycles. The number of carbonyl (C=O) groups is 1. The Bertz CT molecular complexity index is 939. The molecule has 6 nitrogen and oxygen atoms in total. The molecule has 0 radical (unpaired) electrons. The fraction of sp³-hybridized carbons (Fsp3) is 0.600. The maximum Gasteiger partial charge on any atom is 0.222 e. The maximum atomic E-state index is 12.8. The normalized spacial score (nSPS) is 28.8. The number of carbonyl (C=O) groups excluding carboxylic acids is 1. The Labute approximate surface area is 184 Å². The Morgan fingerprint density at radius 2 is 2.23 bits per heavy atom. The van der Waals surface area contributed by atoms with E-state index >= 15 is 0 Å². The summed E-state index contributed by atoms with van der Waals surface area (Å²) in [5.74, 6) is 1.90. The van der Waals surface area contributed by atoms with Crippen molar-refractivity contribution in [1.29, 1.82) is 0 Å². The van der Waals surface area contributed by atoms with E-state index in [0.717, 1.165) is 50.1 Å². The van der Waals surface area contributed by atoms with Crippen LogP contribution in [0.4, 0.5) is 0 Å². The summed E-state index contributed by atoms with van der Waals surface area (Å²) in [7, 11) is 0. The summed E-state index contributed by atoms with van der Waals surface area (Å²) in [4.78, 5) is 14.9. The Morgan fingerprint density at radius 3 is 3.03 bits per heavy atom. The monoisotopic (exact) mass is 423 g/mol. The zero-order valence-corrected chi connectivity index (χ0v) is 18.8. The first-order chi connectivity index (χ1) is 14.9. The topological polar surface area (TPSA) is 67.5 Å². The van der Waals surface area contributed by atoms with Gasteiger partial charge in [0, 0.05) is 43.1 Å². The zero-order valence-electron chi connectivity index (χ0n) is 18.8. The Kier molecular flexibility index (Phi) is 5.29. The molecule has 0 spiro atoms. The van der Waals surface area contributed by atoms with Crippen LogP contribution in [0.1, 0.15) is 62.3 Å². The van der Waals surface area contributed by atoms with Gasteiger partial charge in [0.05, 0.1) is 18.4 Å². The van der Waals surface area contributed by atoms with Crippen molar-refractivity contribution in [2.24, 2.45) is 11.8 Å². The molecule has 0 saturated carbocycles. The molecular formula is C25H33N3O3. The quantitative estimate of drug-likeness (QED) is 0.800. The third-order valence-electron chi connectivity index (χ3n) is 7.41. The maximum absolute atomic E-state index is 12.8. The number of nitrogens with one attached hydrogen (secondary N) is 1. The number of aromatic nitrogens is 2. The SMILES string of the molecule is Cc1ccc2c(c1)OC(C)(C)[C@H]1C[C@@H]3CN(C(=O)CCCc4cn[nH]c4)CC[C@@H]3O[C@H]21. The number of hydrogen-bond acceptors (Lipinski definition) is 4. The van der Waals surface area contributed by atoms with Crippen LogP contribution in [0.2, 0.25) is 0 Å². The van der Waals surface area contributed by atoms with Crippen LogP contribution in [0.3, 0.4) is 0 Å². The van der Waals surface area contributed by atoms with Gasteiger partial charge in [0.15, 0.2) is 0 Å². The number of amides is 1. The van der Waals surface area contributed by atoms with Gasteiger partial charge in [-0.1, -0.05) is 12.1 Å². The molecule has 1 aromatic heterocycles. The second kappa shape index (κ2) is 7.97. The molecule has 4 atom stereocenters. The van der Waals surface area contributed by atoms with E-state index in [1.54, 1.807) is 0 Å². The van der Waals surface area contributed by atoms with Crippen LogP contribution in [0.25, 0.3) is 0 Å². The van der Waals surface area contributed by atoms with Crippen molar-refractivity contribution in [2.45, 2.75) is 70.7 Å². The number of rotatable bonds is 4. The molecule has 166 valence electrons. The van der Waals surface area contributed by atoms with E-state index in [2.05, 4.69) is 54.1 Å². The number of piperidine rings is 1. The van der Waals surface area contributed by atoms with Crippen LogP contribution in [-0.2, 0) is 16.0 Å². The highest BCUT2D eigenvalue weighted by Crippen LogP contribution is 2.53. The van der Waals surface area contributed by atoms with E-state index < -0.39 is 0 Å². The highest BCUT2D eigenvalue weighted by Gasteiger charge is 2.51. The van der Waals surface area contributed by atoms with Gasteiger partial charge in [-0.15, -0.1) is 0 Å². The number of benzene rings is 1. The van der Waals surface area contributed by atoms with E-state index in [1.165, 1.54) is 11.1 Å². The van der Waals surface area contributed by atoms with Gasteiger partial charge in [-0.05, 0) is 63.6 Å². The number of H-pyrrole nitrogens is 1. The molecule has 0 aliphatic carbocycles. The summed E-state index contributed by atoms with van der Waals surface area (Å²) >= 11 is 0. The van der Waals surface area contributed by atoms with Gasteiger partial charge in [0.2, 0.25) is 5.91 Å². The Hall–Kier alpha value is -2.34. The largest absolute Gasteiger partial charge is 0.487 e. The average molecular weight is 424 g/mol. The summed E-state index contributed by atoms with van der Waals surface area (Å²) in [6, 6.07) is 6.46. The van der Waals surface area contributed by atoms with Gasteiger partial charge in [-0.3, -0.25) is 9.89 Å². The third kappa shape index (κ3) is 3.98. The number of aryl methyl sites for hydroxylation is 2. The summed E-state index contributed by atoms with van der Waals surface area (Å²) < 4.78 is 13.2.